The van der Waals surface area contributed by atoms with Gasteiger partial charge in [0.15, 0.2) is 0 Å². The Hall–Kier alpha value is -1.55. The Kier molecular flexibility index (Phi) is 3.33. The minimum absolute atomic E-state index is 0.0507. The van der Waals surface area contributed by atoms with Crippen LogP contribution in [0.2, 0.25) is 0 Å². The predicted octanol–water partition coefficient (Wildman–Crippen LogP) is 1.35. The Morgan fingerprint density at radius 2 is 2.29 bits per heavy atom. The smallest absolute Gasteiger partial charge is 0.227 e. The van der Waals surface area contributed by atoms with Gasteiger partial charge in [-0.05, 0) is 18.6 Å². The van der Waals surface area contributed by atoms with E-state index in [2.05, 4.69) is 0 Å². The molecular weight excluding hydrogens is 218 g/mol. The van der Waals surface area contributed by atoms with Crippen LogP contribution >= 0.6 is 0 Å². The molecule has 1 saturated heterocycles. The van der Waals surface area contributed by atoms with E-state index in [1.165, 1.54) is 0 Å². The fraction of sp³-hybridized carbons (Fsp3) is 0.462. The van der Waals surface area contributed by atoms with E-state index < -0.39 is 0 Å². The Morgan fingerprint density at radius 1 is 1.53 bits per heavy atom. The van der Waals surface area contributed by atoms with Gasteiger partial charge in [-0.3, -0.25) is 4.79 Å². The summed E-state index contributed by atoms with van der Waals surface area (Å²) in [6.07, 6.45) is 0.423. The zero-order valence-corrected chi connectivity index (χ0v) is 10.1. The van der Waals surface area contributed by atoms with Crippen LogP contribution in [0, 0.1) is 12.8 Å². The highest BCUT2D eigenvalue weighted by atomic mass is 16.5. The van der Waals surface area contributed by atoms with Crippen LogP contribution in [0.5, 0.6) is 5.75 Å². The van der Waals surface area contributed by atoms with Gasteiger partial charge in [-0.25, -0.2) is 0 Å². The van der Waals surface area contributed by atoms with Crippen molar-refractivity contribution in [1.82, 2.24) is 0 Å². The van der Waals surface area contributed by atoms with E-state index in [1.807, 2.05) is 25.1 Å². The van der Waals surface area contributed by atoms with Gasteiger partial charge in [0, 0.05) is 37.2 Å². The van der Waals surface area contributed by atoms with Crippen LogP contribution in [0.15, 0.2) is 18.2 Å². The molecule has 0 aromatic heterocycles. The summed E-state index contributed by atoms with van der Waals surface area (Å²) in [7, 11) is 1.62. The van der Waals surface area contributed by atoms with E-state index >= 15 is 0 Å². The summed E-state index contributed by atoms with van der Waals surface area (Å²) in [5, 5.41) is 9.09. The molecule has 0 radical (unpaired) electrons. The molecule has 0 saturated carbocycles. The summed E-state index contributed by atoms with van der Waals surface area (Å²) < 4.78 is 5.25. The molecule has 92 valence electrons. The van der Waals surface area contributed by atoms with Crippen molar-refractivity contribution in [2.75, 3.05) is 25.2 Å². The quantitative estimate of drug-likeness (QED) is 0.860. The molecule has 2 rings (SSSR count). The highest BCUT2D eigenvalue weighted by Gasteiger charge is 2.30. The van der Waals surface area contributed by atoms with E-state index in [9.17, 15) is 4.79 Å². The van der Waals surface area contributed by atoms with Gasteiger partial charge in [-0.1, -0.05) is 6.07 Å². The molecule has 1 aromatic rings. The molecule has 1 atom stereocenters. The van der Waals surface area contributed by atoms with Crippen LogP contribution in [0.25, 0.3) is 0 Å². The fourth-order valence-electron chi connectivity index (χ4n) is 2.13. The number of carbonyl (C=O) groups is 1. The third-order valence-electron chi connectivity index (χ3n) is 3.17. The second-order valence-corrected chi connectivity index (χ2v) is 4.41. The largest absolute Gasteiger partial charge is 0.496 e. The van der Waals surface area contributed by atoms with E-state index in [1.54, 1.807) is 12.0 Å². The molecule has 17 heavy (non-hydrogen) atoms. The summed E-state index contributed by atoms with van der Waals surface area (Å²) in [5.41, 5.74) is 1.88. The van der Waals surface area contributed by atoms with Gasteiger partial charge in [0.05, 0.1) is 7.11 Å². The number of hydrogen-bond donors (Lipinski definition) is 1. The number of aliphatic hydroxyl groups is 1. The molecule has 0 aliphatic carbocycles. The molecule has 1 aliphatic heterocycles. The maximum absolute atomic E-state index is 11.8. The number of benzene rings is 1. The van der Waals surface area contributed by atoms with Crippen molar-refractivity contribution in [2.45, 2.75) is 13.3 Å². The van der Waals surface area contributed by atoms with Gasteiger partial charge < -0.3 is 14.7 Å². The van der Waals surface area contributed by atoms with Crippen LogP contribution in [0.1, 0.15) is 12.0 Å². The summed E-state index contributed by atoms with van der Waals surface area (Å²) in [5.74, 6) is 0.896. The maximum Gasteiger partial charge on any atom is 0.227 e. The lowest BCUT2D eigenvalue weighted by atomic mass is 10.1. The van der Waals surface area contributed by atoms with Gasteiger partial charge in [0.25, 0.3) is 0 Å². The van der Waals surface area contributed by atoms with Crippen molar-refractivity contribution < 1.29 is 14.6 Å². The minimum atomic E-state index is 0.0507. The van der Waals surface area contributed by atoms with Crippen molar-refractivity contribution in [1.29, 1.82) is 0 Å². The van der Waals surface area contributed by atoms with Crippen molar-refractivity contribution in [2.24, 2.45) is 5.92 Å². The maximum atomic E-state index is 11.8. The topological polar surface area (TPSA) is 49.8 Å². The lowest BCUT2D eigenvalue weighted by Crippen LogP contribution is -2.24. The Bertz CT molecular complexity index is 431. The van der Waals surface area contributed by atoms with Gasteiger partial charge in [-0.2, -0.15) is 0 Å². The first kappa shape index (κ1) is 11.9. The van der Waals surface area contributed by atoms with Crippen molar-refractivity contribution in [3.8, 4) is 5.75 Å². The molecule has 4 nitrogen and oxygen atoms in total. The number of ether oxygens (including phenoxy) is 1. The molecule has 0 spiro atoms. The summed E-state index contributed by atoms with van der Waals surface area (Å²) in [6.45, 7) is 2.61. The Morgan fingerprint density at radius 3 is 2.88 bits per heavy atom. The van der Waals surface area contributed by atoms with E-state index in [0.717, 1.165) is 17.0 Å². The lowest BCUT2D eigenvalue weighted by Gasteiger charge is -2.18. The van der Waals surface area contributed by atoms with Crippen LogP contribution in [-0.4, -0.2) is 31.3 Å². The molecule has 1 amide bonds. The number of aryl methyl sites for hydroxylation is 1. The van der Waals surface area contributed by atoms with Crippen molar-refractivity contribution in [3.63, 3.8) is 0 Å². The van der Waals surface area contributed by atoms with Crippen LogP contribution < -0.4 is 9.64 Å². The van der Waals surface area contributed by atoms with Crippen LogP contribution in [-0.2, 0) is 4.79 Å². The second-order valence-electron chi connectivity index (χ2n) is 4.41. The number of methoxy groups -OCH3 is 1. The Labute approximate surface area is 101 Å². The molecule has 1 fully saturated rings. The number of nitrogens with zero attached hydrogens (tertiary/aromatic N) is 1. The first-order valence-electron chi connectivity index (χ1n) is 5.71. The van der Waals surface area contributed by atoms with E-state index in [0.29, 0.717) is 13.0 Å². The number of amides is 1. The summed E-state index contributed by atoms with van der Waals surface area (Å²) in [4.78, 5) is 13.5. The van der Waals surface area contributed by atoms with Crippen molar-refractivity contribution in [3.05, 3.63) is 23.8 Å². The predicted molar refractivity (Wildman–Crippen MR) is 65.3 cm³/mol. The molecule has 0 bridgehead atoms. The number of carbonyl (C=O) groups excluding carboxylic acids is 1. The number of aliphatic hydroxyl groups excluding tert-OH is 1. The first-order valence-corrected chi connectivity index (χ1v) is 5.71. The summed E-state index contributed by atoms with van der Waals surface area (Å²) >= 11 is 0. The standard InChI is InChI=1S/C13H17NO3/c1-9-3-4-11(6-12(9)17-2)14-7-10(8-15)5-13(14)16/h3-4,6,10,15H,5,7-8H2,1-2H3. The van der Waals surface area contributed by atoms with Gasteiger partial charge in [0.2, 0.25) is 5.91 Å². The molecular formula is C13H17NO3. The number of hydrogen-bond acceptors (Lipinski definition) is 3. The normalized spacial score (nSPS) is 19.8. The van der Waals surface area contributed by atoms with Crippen LogP contribution in [0.3, 0.4) is 0 Å². The lowest BCUT2D eigenvalue weighted by molar-refractivity contribution is -0.117. The number of rotatable bonds is 3. The van der Waals surface area contributed by atoms with Gasteiger partial charge in [-0.15, -0.1) is 0 Å². The second kappa shape index (κ2) is 4.75. The van der Waals surface area contributed by atoms with Gasteiger partial charge in [0.1, 0.15) is 5.75 Å². The highest BCUT2D eigenvalue weighted by Crippen LogP contribution is 2.29. The third kappa shape index (κ3) is 2.26. The number of anilines is 1. The van der Waals surface area contributed by atoms with Gasteiger partial charge >= 0.3 is 0 Å². The zero-order valence-electron chi connectivity index (χ0n) is 10.1. The monoisotopic (exact) mass is 235 g/mol. The zero-order chi connectivity index (χ0) is 12.4. The Balaban J connectivity index is 2.26. The summed E-state index contributed by atoms with van der Waals surface area (Å²) in [6, 6.07) is 5.72. The average Bonchev–Trinajstić information content (AvgIpc) is 2.71. The SMILES string of the molecule is COc1cc(N2CC(CO)CC2=O)ccc1C. The average molecular weight is 235 g/mol. The molecule has 1 unspecified atom stereocenters. The molecule has 1 aromatic carbocycles. The van der Waals surface area contributed by atoms with E-state index in [-0.39, 0.29) is 18.4 Å². The third-order valence-corrected chi connectivity index (χ3v) is 3.17. The van der Waals surface area contributed by atoms with Crippen molar-refractivity contribution >= 4 is 11.6 Å². The molecule has 4 heteroatoms. The molecule has 1 heterocycles. The molecule has 1 aliphatic rings. The van der Waals surface area contributed by atoms with E-state index in [4.69, 9.17) is 9.84 Å². The molecule has 1 N–H and O–H groups in total. The first-order chi connectivity index (χ1) is 8.15. The van der Waals surface area contributed by atoms with Crippen LogP contribution in [0.4, 0.5) is 5.69 Å². The fourth-order valence-corrected chi connectivity index (χ4v) is 2.13. The minimum Gasteiger partial charge on any atom is -0.496 e. The highest BCUT2D eigenvalue weighted by molar-refractivity contribution is 5.96.